The SMILES string of the molecule is Cc1nc(CSc2ccc(C(=O)N3C[C@H]4CNC[C@H]4C3)cc2)cs1.Cl.Cl. The first-order chi connectivity index (χ1) is 11.7. The highest BCUT2D eigenvalue weighted by atomic mass is 35.5. The Kier molecular flexibility index (Phi) is 7.79. The largest absolute Gasteiger partial charge is 0.338 e. The third-order valence-corrected chi connectivity index (χ3v) is 6.70. The Morgan fingerprint density at radius 2 is 1.88 bits per heavy atom. The molecule has 2 aromatic rings. The van der Waals surface area contributed by atoms with Gasteiger partial charge in [-0.25, -0.2) is 4.98 Å². The smallest absolute Gasteiger partial charge is 0.253 e. The summed E-state index contributed by atoms with van der Waals surface area (Å²) in [7, 11) is 0. The number of nitrogens with one attached hydrogen (secondary N) is 1. The Balaban J connectivity index is 0.00000121. The number of hydrogen-bond acceptors (Lipinski definition) is 5. The van der Waals surface area contributed by atoms with Gasteiger partial charge in [-0.3, -0.25) is 4.79 Å². The molecule has 1 aromatic heterocycles. The summed E-state index contributed by atoms with van der Waals surface area (Å²) in [5.74, 6) is 2.34. The molecule has 4 nitrogen and oxygen atoms in total. The summed E-state index contributed by atoms with van der Waals surface area (Å²) in [6.45, 7) is 5.94. The first-order valence-electron chi connectivity index (χ1n) is 8.33. The third kappa shape index (κ3) is 4.73. The van der Waals surface area contributed by atoms with Gasteiger partial charge >= 0.3 is 0 Å². The van der Waals surface area contributed by atoms with Crippen LogP contribution in [0.2, 0.25) is 0 Å². The summed E-state index contributed by atoms with van der Waals surface area (Å²) in [5, 5.41) is 6.63. The molecule has 2 aliphatic rings. The Morgan fingerprint density at radius 3 is 2.46 bits per heavy atom. The lowest BCUT2D eigenvalue weighted by Gasteiger charge is -2.17. The zero-order chi connectivity index (χ0) is 16.5. The summed E-state index contributed by atoms with van der Waals surface area (Å²) in [4.78, 5) is 20.3. The van der Waals surface area contributed by atoms with Crippen LogP contribution >= 0.6 is 47.9 Å². The van der Waals surface area contributed by atoms with Gasteiger partial charge in [0.15, 0.2) is 0 Å². The lowest BCUT2D eigenvalue weighted by atomic mass is 10.0. The number of carbonyl (C=O) groups excluding carboxylic acids is 1. The van der Waals surface area contributed by atoms with Gasteiger partial charge in [-0.15, -0.1) is 47.9 Å². The molecule has 2 atom stereocenters. The van der Waals surface area contributed by atoms with Crippen molar-refractivity contribution in [3.05, 3.63) is 45.9 Å². The zero-order valence-corrected chi connectivity index (χ0v) is 17.8. The van der Waals surface area contributed by atoms with Gasteiger partial charge in [0.25, 0.3) is 5.91 Å². The lowest BCUT2D eigenvalue weighted by Crippen LogP contribution is -2.31. The Labute approximate surface area is 175 Å². The average Bonchev–Trinajstić information content (AvgIpc) is 3.28. The lowest BCUT2D eigenvalue weighted by molar-refractivity contribution is 0.0781. The van der Waals surface area contributed by atoms with Crippen molar-refractivity contribution >= 4 is 53.8 Å². The van der Waals surface area contributed by atoms with Crippen LogP contribution in [-0.4, -0.2) is 42.0 Å². The summed E-state index contributed by atoms with van der Waals surface area (Å²) in [6.07, 6.45) is 0. The number of aromatic nitrogens is 1. The van der Waals surface area contributed by atoms with E-state index in [1.165, 1.54) is 4.90 Å². The molecule has 2 saturated heterocycles. The molecule has 0 radical (unpaired) electrons. The van der Waals surface area contributed by atoms with Crippen molar-refractivity contribution < 1.29 is 4.79 Å². The number of thiazole rings is 1. The minimum Gasteiger partial charge on any atom is -0.338 e. The molecular weight excluding hydrogens is 409 g/mol. The maximum absolute atomic E-state index is 12.7. The van der Waals surface area contributed by atoms with Crippen LogP contribution in [0.25, 0.3) is 0 Å². The van der Waals surface area contributed by atoms with Crippen molar-refractivity contribution in [3.63, 3.8) is 0 Å². The first-order valence-corrected chi connectivity index (χ1v) is 10.2. The second-order valence-corrected chi connectivity index (χ2v) is 8.67. The topological polar surface area (TPSA) is 45.2 Å². The molecule has 0 unspecified atom stereocenters. The number of halogens is 2. The monoisotopic (exact) mass is 431 g/mol. The number of aryl methyl sites for hydroxylation is 1. The molecule has 1 aromatic carbocycles. The molecule has 3 heterocycles. The second kappa shape index (κ2) is 9.42. The molecule has 142 valence electrons. The number of hydrogen-bond donors (Lipinski definition) is 1. The fourth-order valence-electron chi connectivity index (χ4n) is 3.53. The number of fused-ring (bicyclic) bond motifs is 1. The van der Waals surface area contributed by atoms with Crippen molar-refractivity contribution in [3.8, 4) is 0 Å². The quantitative estimate of drug-likeness (QED) is 0.745. The molecule has 26 heavy (non-hydrogen) atoms. The fourth-order valence-corrected chi connectivity index (χ4v) is 5.04. The van der Waals surface area contributed by atoms with E-state index in [4.69, 9.17) is 0 Å². The minimum absolute atomic E-state index is 0. The van der Waals surface area contributed by atoms with E-state index in [0.717, 1.165) is 48.2 Å². The van der Waals surface area contributed by atoms with Gasteiger partial charge < -0.3 is 10.2 Å². The molecular formula is C18H23Cl2N3OS2. The highest BCUT2D eigenvalue weighted by Gasteiger charge is 2.38. The van der Waals surface area contributed by atoms with E-state index in [-0.39, 0.29) is 30.7 Å². The molecule has 2 aliphatic heterocycles. The standard InChI is InChI=1S/C18H21N3OS2.2ClH/c1-12-20-16(10-23-12)11-24-17-4-2-13(3-5-17)18(22)21-8-14-6-19-7-15(14)9-21;;/h2-5,10,14-15,19H,6-9,11H2,1H3;2*1H/t14-,15+;;. The zero-order valence-electron chi connectivity index (χ0n) is 14.5. The van der Waals surface area contributed by atoms with Gasteiger partial charge in [-0.1, -0.05) is 0 Å². The number of likely N-dealkylation sites (tertiary alicyclic amines) is 1. The van der Waals surface area contributed by atoms with E-state index in [1.54, 1.807) is 23.1 Å². The average molecular weight is 432 g/mol. The van der Waals surface area contributed by atoms with Crippen LogP contribution in [0.5, 0.6) is 0 Å². The van der Waals surface area contributed by atoms with Gasteiger partial charge in [0, 0.05) is 47.8 Å². The normalized spacial score (nSPS) is 21.0. The molecule has 0 saturated carbocycles. The van der Waals surface area contributed by atoms with Crippen molar-refractivity contribution in [1.82, 2.24) is 15.2 Å². The van der Waals surface area contributed by atoms with E-state index in [1.807, 2.05) is 24.0 Å². The molecule has 0 spiro atoms. The Bertz CT molecular complexity index is 726. The predicted octanol–water partition coefficient (Wildman–Crippen LogP) is 3.88. The van der Waals surface area contributed by atoms with Crippen molar-refractivity contribution in [1.29, 1.82) is 0 Å². The molecule has 1 amide bonds. The Morgan fingerprint density at radius 1 is 1.23 bits per heavy atom. The summed E-state index contributed by atoms with van der Waals surface area (Å²) in [5.41, 5.74) is 1.93. The van der Waals surface area contributed by atoms with Gasteiger partial charge in [-0.05, 0) is 43.0 Å². The van der Waals surface area contributed by atoms with Crippen LogP contribution in [-0.2, 0) is 5.75 Å². The highest BCUT2D eigenvalue weighted by molar-refractivity contribution is 7.98. The Hall–Kier alpha value is -0.790. The van der Waals surface area contributed by atoms with Gasteiger partial charge in [0.05, 0.1) is 10.7 Å². The van der Waals surface area contributed by atoms with Crippen LogP contribution in [0.1, 0.15) is 21.1 Å². The van der Waals surface area contributed by atoms with Crippen LogP contribution in [0, 0.1) is 18.8 Å². The summed E-state index contributed by atoms with van der Waals surface area (Å²) < 4.78 is 0. The summed E-state index contributed by atoms with van der Waals surface area (Å²) >= 11 is 3.45. The maximum Gasteiger partial charge on any atom is 0.253 e. The van der Waals surface area contributed by atoms with Gasteiger partial charge in [-0.2, -0.15) is 0 Å². The van der Waals surface area contributed by atoms with E-state index in [0.29, 0.717) is 11.8 Å². The number of benzene rings is 1. The van der Waals surface area contributed by atoms with Crippen LogP contribution in [0.4, 0.5) is 0 Å². The number of nitrogens with zero attached hydrogens (tertiary/aromatic N) is 2. The summed E-state index contributed by atoms with van der Waals surface area (Å²) in [6, 6.07) is 8.03. The van der Waals surface area contributed by atoms with E-state index >= 15 is 0 Å². The molecule has 2 fully saturated rings. The van der Waals surface area contributed by atoms with E-state index in [9.17, 15) is 4.79 Å². The number of rotatable bonds is 4. The first kappa shape index (κ1) is 21.5. The number of carbonyl (C=O) groups is 1. The molecule has 0 bridgehead atoms. The van der Waals surface area contributed by atoms with Crippen LogP contribution in [0.3, 0.4) is 0 Å². The van der Waals surface area contributed by atoms with Crippen LogP contribution < -0.4 is 5.32 Å². The molecule has 1 N–H and O–H groups in total. The molecule has 0 aliphatic carbocycles. The molecule has 8 heteroatoms. The number of amides is 1. The van der Waals surface area contributed by atoms with Gasteiger partial charge in [0.2, 0.25) is 0 Å². The number of thioether (sulfide) groups is 1. The highest BCUT2D eigenvalue weighted by Crippen LogP contribution is 2.28. The van der Waals surface area contributed by atoms with Crippen molar-refractivity contribution in [2.24, 2.45) is 11.8 Å². The van der Waals surface area contributed by atoms with Gasteiger partial charge in [0.1, 0.15) is 0 Å². The van der Waals surface area contributed by atoms with Crippen LogP contribution in [0.15, 0.2) is 34.5 Å². The van der Waals surface area contributed by atoms with Crippen molar-refractivity contribution in [2.45, 2.75) is 17.6 Å². The fraction of sp³-hybridized carbons (Fsp3) is 0.444. The minimum atomic E-state index is 0. The second-order valence-electron chi connectivity index (χ2n) is 6.56. The third-order valence-electron chi connectivity index (χ3n) is 4.83. The van der Waals surface area contributed by atoms with Crippen molar-refractivity contribution in [2.75, 3.05) is 26.2 Å². The van der Waals surface area contributed by atoms with E-state index < -0.39 is 0 Å². The molecule has 4 rings (SSSR count). The predicted molar refractivity (Wildman–Crippen MR) is 113 cm³/mol. The van der Waals surface area contributed by atoms with E-state index in [2.05, 4.69) is 27.8 Å². The maximum atomic E-state index is 12.7.